The average molecular weight is 248 g/mol. The minimum absolute atomic E-state index is 0.0521. The molecule has 0 fully saturated rings. The molecular formula is C12H12N2O4. The number of aliphatic imine (C=N–C) groups is 1. The van der Waals surface area contributed by atoms with Gasteiger partial charge in [-0.2, -0.15) is 0 Å². The van der Waals surface area contributed by atoms with Gasteiger partial charge in [-0.3, -0.25) is 4.79 Å². The van der Waals surface area contributed by atoms with Crippen LogP contribution in [-0.2, 0) is 4.79 Å². The number of carboxylic acids is 1. The lowest BCUT2D eigenvalue weighted by Crippen LogP contribution is -2.43. The van der Waals surface area contributed by atoms with Crippen LogP contribution in [0.2, 0.25) is 0 Å². The number of rotatable bonds is 2. The highest BCUT2D eigenvalue weighted by atomic mass is 16.4. The summed E-state index contributed by atoms with van der Waals surface area (Å²) in [6, 6.07) is 4.91. The van der Waals surface area contributed by atoms with Crippen LogP contribution in [0.1, 0.15) is 18.5 Å². The monoisotopic (exact) mass is 248 g/mol. The van der Waals surface area contributed by atoms with E-state index in [4.69, 9.17) is 0 Å². The molecule has 6 nitrogen and oxygen atoms in total. The quantitative estimate of drug-likeness (QED) is 0.734. The van der Waals surface area contributed by atoms with Crippen molar-refractivity contribution in [3.8, 4) is 5.75 Å². The first kappa shape index (κ1) is 12.1. The van der Waals surface area contributed by atoms with Crippen molar-refractivity contribution in [2.45, 2.75) is 13.0 Å². The number of carbonyl (C=O) groups excluding carboxylic acids is 1. The maximum absolute atomic E-state index is 11.4. The van der Waals surface area contributed by atoms with Gasteiger partial charge >= 0.3 is 12.0 Å². The number of para-hydroxylation sites is 1. The minimum atomic E-state index is -1.09. The van der Waals surface area contributed by atoms with E-state index >= 15 is 0 Å². The minimum Gasteiger partial charge on any atom is -0.508 e. The third kappa shape index (κ3) is 2.04. The Morgan fingerprint density at radius 1 is 1.39 bits per heavy atom. The first-order chi connectivity index (χ1) is 8.50. The van der Waals surface area contributed by atoms with Crippen molar-refractivity contribution in [3.63, 3.8) is 0 Å². The largest absolute Gasteiger partial charge is 0.508 e. The molecule has 3 N–H and O–H groups in total. The number of nitrogens with zero attached hydrogens (tertiary/aromatic N) is 1. The molecule has 0 saturated heterocycles. The maximum Gasteiger partial charge on any atom is 0.341 e. The van der Waals surface area contributed by atoms with Gasteiger partial charge in [-0.05, 0) is 13.0 Å². The number of amides is 2. The zero-order chi connectivity index (χ0) is 13.3. The second-order valence-electron chi connectivity index (χ2n) is 4.06. The SMILES string of the molecule is CC1=NC(=O)N[C@H](c2ccccc2O)[C@@H]1C(=O)O. The molecule has 1 aromatic carbocycles. The van der Waals surface area contributed by atoms with E-state index in [1.165, 1.54) is 13.0 Å². The molecule has 0 saturated carbocycles. The summed E-state index contributed by atoms with van der Waals surface area (Å²) in [7, 11) is 0. The van der Waals surface area contributed by atoms with Gasteiger partial charge in [-0.1, -0.05) is 18.2 Å². The van der Waals surface area contributed by atoms with Gasteiger partial charge in [0.2, 0.25) is 0 Å². The summed E-state index contributed by atoms with van der Waals surface area (Å²) in [5.41, 5.74) is 0.590. The van der Waals surface area contributed by atoms with E-state index in [1.807, 2.05) is 0 Å². The van der Waals surface area contributed by atoms with Gasteiger partial charge in [-0.25, -0.2) is 9.79 Å². The number of hydrogen-bond donors (Lipinski definition) is 3. The Kier molecular flexibility index (Phi) is 3.01. The van der Waals surface area contributed by atoms with Crippen molar-refractivity contribution >= 4 is 17.7 Å². The molecule has 0 bridgehead atoms. The zero-order valence-electron chi connectivity index (χ0n) is 9.62. The zero-order valence-corrected chi connectivity index (χ0v) is 9.62. The molecule has 0 unspecified atom stereocenters. The summed E-state index contributed by atoms with van der Waals surface area (Å²) in [5.74, 6) is -2.12. The first-order valence-electron chi connectivity index (χ1n) is 5.37. The number of phenols is 1. The molecule has 1 aliphatic heterocycles. The molecule has 6 heteroatoms. The Balaban J connectivity index is 2.48. The molecule has 0 radical (unpaired) electrons. The summed E-state index contributed by atoms with van der Waals surface area (Å²) >= 11 is 0. The van der Waals surface area contributed by atoms with Crippen molar-refractivity contribution in [2.24, 2.45) is 10.9 Å². The summed E-state index contributed by atoms with van der Waals surface area (Å²) in [6.07, 6.45) is 0. The van der Waals surface area contributed by atoms with Crippen molar-refractivity contribution in [1.82, 2.24) is 5.32 Å². The van der Waals surface area contributed by atoms with Crippen molar-refractivity contribution in [2.75, 3.05) is 0 Å². The highest BCUT2D eigenvalue weighted by Gasteiger charge is 2.37. The molecule has 0 aliphatic carbocycles. The van der Waals surface area contributed by atoms with Gasteiger partial charge in [0.15, 0.2) is 0 Å². The fourth-order valence-corrected chi connectivity index (χ4v) is 2.05. The molecule has 0 spiro atoms. The fourth-order valence-electron chi connectivity index (χ4n) is 2.05. The molecular weight excluding hydrogens is 236 g/mol. The van der Waals surface area contributed by atoms with Crippen LogP contribution in [0.4, 0.5) is 4.79 Å². The van der Waals surface area contributed by atoms with E-state index in [-0.39, 0.29) is 11.5 Å². The number of aliphatic carboxylic acids is 1. The van der Waals surface area contributed by atoms with Crippen LogP contribution < -0.4 is 5.32 Å². The number of phenolic OH excluding ortho intramolecular Hbond substituents is 1. The first-order valence-corrected chi connectivity index (χ1v) is 5.37. The summed E-state index contributed by atoms with van der Waals surface area (Å²) in [5, 5.41) is 21.4. The van der Waals surface area contributed by atoms with Gasteiger partial charge < -0.3 is 15.5 Å². The number of benzene rings is 1. The molecule has 18 heavy (non-hydrogen) atoms. The second-order valence-corrected chi connectivity index (χ2v) is 4.06. The fraction of sp³-hybridized carbons (Fsp3) is 0.250. The van der Waals surface area contributed by atoms with Crippen LogP contribution in [0.15, 0.2) is 29.3 Å². The van der Waals surface area contributed by atoms with Gasteiger partial charge in [0.05, 0.1) is 6.04 Å². The molecule has 2 rings (SSSR count). The van der Waals surface area contributed by atoms with Crippen LogP contribution in [0.3, 0.4) is 0 Å². The van der Waals surface area contributed by atoms with Gasteiger partial charge in [0, 0.05) is 11.3 Å². The Labute approximate surface area is 103 Å². The van der Waals surface area contributed by atoms with Gasteiger partial charge in [-0.15, -0.1) is 0 Å². The smallest absolute Gasteiger partial charge is 0.341 e. The van der Waals surface area contributed by atoms with E-state index in [0.29, 0.717) is 5.56 Å². The molecule has 1 aliphatic rings. The number of aromatic hydroxyl groups is 1. The predicted octanol–water partition coefficient (Wildman–Crippen LogP) is 1.32. The lowest BCUT2D eigenvalue weighted by atomic mass is 9.88. The van der Waals surface area contributed by atoms with Crippen molar-refractivity contribution in [1.29, 1.82) is 0 Å². The third-order valence-corrected chi connectivity index (χ3v) is 2.88. The topological polar surface area (TPSA) is 99.0 Å². The predicted molar refractivity (Wildman–Crippen MR) is 63.6 cm³/mol. The van der Waals surface area contributed by atoms with E-state index < -0.39 is 24.0 Å². The number of urea groups is 1. The van der Waals surface area contributed by atoms with Crippen molar-refractivity contribution in [3.05, 3.63) is 29.8 Å². The van der Waals surface area contributed by atoms with Gasteiger partial charge in [0.25, 0.3) is 0 Å². The average Bonchev–Trinajstić information content (AvgIpc) is 2.27. The van der Waals surface area contributed by atoms with Crippen LogP contribution in [-0.4, -0.2) is 27.9 Å². The standard InChI is InChI=1S/C12H12N2O4/c1-6-9(11(16)17)10(14-12(18)13-6)7-4-2-3-5-8(7)15/h2-5,9-10,15H,1H3,(H,14,18)(H,16,17)/t9-,10-/m1/s1. The van der Waals surface area contributed by atoms with E-state index in [1.54, 1.807) is 18.2 Å². The number of nitrogens with one attached hydrogen (secondary N) is 1. The summed E-state index contributed by atoms with van der Waals surface area (Å²) in [6.45, 7) is 1.49. The van der Waals surface area contributed by atoms with E-state index in [9.17, 15) is 19.8 Å². The van der Waals surface area contributed by atoms with Crippen LogP contribution in [0, 0.1) is 5.92 Å². The van der Waals surface area contributed by atoms with E-state index in [0.717, 1.165) is 0 Å². The second kappa shape index (κ2) is 4.48. The Morgan fingerprint density at radius 2 is 2.06 bits per heavy atom. The molecule has 2 atom stereocenters. The van der Waals surface area contributed by atoms with Gasteiger partial charge in [0.1, 0.15) is 11.7 Å². The van der Waals surface area contributed by atoms with Crippen LogP contribution in [0.25, 0.3) is 0 Å². The van der Waals surface area contributed by atoms with Crippen molar-refractivity contribution < 1.29 is 19.8 Å². The summed E-state index contributed by atoms with van der Waals surface area (Å²) < 4.78 is 0. The molecule has 2 amide bonds. The normalized spacial score (nSPS) is 23.2. The van der Waals surface area contributed by atoms with E-state index in [2.05, 4.69) is 10.3 Å². The number of carbonyl (C=O) groups is 2. The maximum atomic E-state index is 11.4. The lowest BCUT2D eigenvalue weighted by molar-refractivity contribution is -0.140. The highest BCUT2D eigenvalue weighted by Crippen LogP contribution is 2.32. The Morgan fingerprint density at radius 3 is 2.67 bits per heavy atom. The third-order valence-electron chi connectivity index (χ3n) is 2.88. The molecule has 94 valence electrons. The Hall–Kier alpha value is -2.37. The molecule has 1 heterocycles. The summed E-state index contributed by atoms with van der Waals surface area (Å²) in [4.78, 5) is 26.2. The Bertz CT molecular complexity index is 539. The molecule has 1 aromatic rings. The number of carboxylic acid groups (broad SMARTS) is 1. The highest BCUT2D eigenvalue weighted by molar-refractivity contribution is 6.07. The van der Waals surface area contributed by atoms with Crippen LogP contribution >= 0.6 is 0 Å². The lowest BCUT2D eigenvalue weighted by Gasteiger charge is -2.28. The number of hydrogen-bond acceptors (Lipinski definition) is 3. The van der Waals surface area contributed by atoms with Crippen LogP contribution in [0.5, 0.6) is 5.75 Å². The molecule has 0 aromatic heterocycles.